The van der Waals surface area contributed by atoms with E-state index in [0.29, 0.717) is 5.92 Å². The fraction of sp³-hybridized carbons (Fsp3) is 0.600. The topological polar surface area (TPSA) is 21.3 Å². The average Bonchev–Trinajstić information content (AvgIpc) is 2.38. The van der Waals surface area contributed by atoms with Crippen molar-refractivity contribution in [2.45, 2.75) is 38.7 Å². The summed E-state index contributed by atoms with van der Waals surface area (Å²) in [5.41, 5.74) is 1.17. The van der Waals surface area contributed by atoms with Gasteiger partial charge in [0.05, 0.1) is 6.10 Å². The lowest BCUT2D eigenvalue weighted by molar-refractivity contribution is 0.104. The highest BCUT2D eigenvalue weighted by molar-refractivity contribution is 5.21. The molecule has 2 nitrogen and oxygen atoms in total. The summed E-state index contributed by atoms with van der Waals surface area (Å²) >= 11 is 0. The van der Waals surface area contributed by atoms with Crippen LogP contribution in [0, 0.1) is 5.82 Å². The summed E-state index contributed by atoms with van der Waals surface area (Å²) in [4.78, 5) is 0. The quantitative estimate of drug-likeness (QED) is 0.717. The fourth-order valence-corrected chi connectivity index (χ4v) is 2.02. The summed E-state index contributed by atoms with van der Waals surface area (Å²) in [7, 11) is 1.73. The molecule has 0 radical (unpaired) electrons. The first-order valence-corrected chi connectivity index (χ1v) is 6.66. The number of rotatable bonds is 8. The highest BCUT2D eigenvalue weighted by atomic mass is 19.1. The molecule has 0 saturated carbocycles. The summed E-state index contributed by atoms with van der Waals surface area (Å²) in [6.45, 7) is 6.14. The Morgan fingerprint density at radius 3 is 2.50 bits per heavy atom. The first-order valence-electron chi connectivity index (χ1n) is 6.66. The van der Waals surface area contributed by atoms with Crippen molar-refractivity contribution in [2.24, 2.45) is 0 Å². The van der Waals surface area contributed by atoms with Gasteiger partial charge in [-0.2, -0.15) is 0 Å². The van der Waals surface area contributed by atoms with Crippen LogP contribution in [-0.2, 0) is 4.74 Å². The monoisotopic (exact) mass is 253 g/mol. The molecule has 0 bridgehead atoms. The minimum Gasteiger partial charge on any atom is -0.382 e. The number of methoxy groups -OCH3 is 1. The first-order chi connectivity index (χ1) is 8.67. The van der Waals surface area contributed by atoms with Crippen LogP contribution in [0.3, 0.4) is 0 Å². The third-order valence-electron chi connectivity index (χ3n) is 3.18. The molecule has 1 N–H and O–H groups in total. The number of ether oxygens (including phenoxy) is 1. The number of benzene rings is 1. The molecule has 102 valence electrons. The van der Waals surface area contributed by atoms with E-state index < -0.39 is 0 Å². The summed E-state index contributed by atoms with van der Waals surface area (Å²) in [5, 5.41) is 3.43. The highest BCUT2D eigenvalue weighted by Gasteiger charge is 2.15. The van der Waals surface area contributed by atoms with Crippen LogP contribution >= 0.6 is 0 Å². The van der Waals surface area contributed by atoms with Crippen LogP contribution in [0.1, 0.15) is 38.2 Å². The lowest BCUT2D eigenvalue weighted by atomic mass is 9.93. The standard InChI is InChI=1S/C15H24FNO/c1-4-9-17-11-14(10-12(2)18-3)13-5-7-15(16)8-6-13/h5-8,12,14,17H,4,9-11H2,1-3H3. The van der Waals surface area contributed by atoms with E-state index in [9.17, 15) is 4.39 Å². The van der Waals surface area contributed by atoms with Gasteiger partial charge in [-0.05, 0) is 49.9 Å². The minimum absolute atomic E-state index is 0.182. The summed E-state index contributed by atoms with van der Waals surface area (Å²) < 4.78 is 18.3. The van der Waals surface area contributed by atoms with Gasteiger partial charge in [0.25, 0.3) is 0 Å². The molecule has 1 aromatic carbocycles. The van der Waals surface area contributed by atoms with Crippen LogP contribution in [-0.4, -0.2) is 26.3 Å². The third-order valence-corrected chi connectivity index (χ3v) is 3.18. The van der Waals surface area contributed by atoms with E-state index in [1.807, 2.05) is 12.1 Å². The smallest absolute Gasteiger partial charge is 0.123 e. The predicted molar refractivity (Wildman–Crippen MR) is 73.4 cm³/mol. The number of nitrogens with one attached hydrogen (secondary N) is 1. The SMILES string of the molecule is CCCNCC(CC(C)OC)c1ccc(F)cc1. The number of hydrogen-bond acceptors (Lipinski definition) is 2. The van der Waals surface area contributed by atoms with Crippen LogP contribution in [0.5, 0.6) is 0 Å². The second kappa shape index (κ2) is 8.22. The van der Waals surface area contributed by atoms with Crippen molar-refractivity contribution in [3.8, 4) is 0 Å². The molecule has 1 rings (SSSR count). The van der Waals surface area contributed by atoms with E-state index in [0.717, 1.165) is 25.9 Å². The van der Waals surface area contributed by atoms with E-state index in [4.69, 9.17) is 4.74 Å². The summed E-state index contributed by atoms with van der Waals surface area (Å²) in [6, 6.07) is 6.80. The molecule has 0 aliphatic carbocycles. The van der Waals surface area contributed by atoms with Crippen LogP contribution in [0.15, 0.2) is 24.3 Å². The first kappa shape index (κ1) is 15.1. The average molecular weight is 253 g/mol. The molecule has 1 aromatic rings. The Bertz CT molecular complexity index is 326. The van der Waals surface area contributed by atoms with Crippen molar-refractivity contribution in [2.75, 3.05) is 20.2 Å². The maximum absolute atomic E-state index is 12.9. The van der Waals surface area contributed by atoms with Gasteiger partial charge in [-0.25, -0.2) is 4.39 Å². The summed E-state index contributed by atoms with van der Waals surface area (Å²) in [6.07, 6.45) is 2.28. The second-order valence-corrected chi connectivity index (χ2v) is 4.73. The molecule has 0 fully saturated rings. The zero-order chi connectivity index (χ0) is 13.4. The molecule has 0 aromatic heterocycles. The Morgan fingerprint density at radius 1 is 1.28 bits per heavy atom. The van der Waals surface area contributed by atoms with Gasteiger partial charge < -0.3 is 10.1 Å². The van der Waals surface area contributed by atoms with Gasteiger partial charge >= 0.3 is 0 Å². The van der Waals surface area contributed by atoms with Crippen molar-refractivity contribution in [1.82, 2.24) is 5.32 Å². The van der Waals surface area contributed by atoms with Gasteiger partial charge in [0, 0.05) is 13.7 Å². The number of hydrogen-bond donors (Lipinski definition) is 1. The lowest BCUT2D eigenvalue weighted by Crippen LogP contribution is -2.25. The van der Waals surface area contributed by atoms with Crippen LogP contribution < -0.4 is 5.32 Å². The fourth-order valence-electron chi connectivity index (χ4n) is 2.02. The molecule has 0 spiro atoms. The van der Waals surface area contributed by atoms with E-state index in [1.54, 1.807) is 7.11 Å². The van der Waals surface area contributed by atoms with Gasteiger partial charge in [0.15, 0.2) is 0 Å². The van der Waals surface area contributed by atoms with E-state index in [1.165, 1.54) is 17.7 Å². The predicted octanol–water partition coefficient (Wildman–Crippen LogP) is 3.33. The Labute approximate surface area is 110 Å². The van der Waals surface area contributed by atoms with Gasteiger partial charge in [-0.15, -0.1) is 0 Å². The van der Waals surface area contributed by atoms with E-state index >= 15 is 0 Å². The van der Waals surface area contributed by atoms with Crippen LogP contribution in [0.2, 0.25) is 0 Å². The van der Waals surface area contributed by atoms with Crippen molar-refractivity contribution < 1.29 is 9.13 Å². The molecule has 0 saturated heterocycles. The second-order valence-electron chi connectivity index (χ2n) is 4.73. The van der Waals surface area contributed by atoms with Crippen LogP contribution in [0.25, 0.3) is 0 Å². The highest BCUT2D eigenvalue weighted by Crippen LogP contribution is 2.22. The zero-order valence-corrected chi connectivity index (χ0v) is 11.6. The molecule has 0 aliphatic heterocycles. The molecular weight excluding hydrogens is 229 g/mol. The molecule has 0 heterocycles. The lowest BCUT2D eigenvalue weighted by Gasteiger charge is -2.21. The van der Waals surface area contributed by atoms with Crippen molar-refractivity contribution in [3.63, 3.8) is 0 Å². The summed E-state index contributed by atoms with van der Waals surface area (Å²) in [5.74, 6) is 0.186. The van der Waals surface area contributed by atoms with Crippen molar-refractivity contribution in [1.29, 1.82) is 0 Å². The van der Waals surface area contributed by atoms with Crippen molar-refractivity contribution in [3.05, 3.63) is 35.6 Å². The molecule has 3 heteroatoms. The molecule has 2 atom stereocenters. The van der Waals surface area contributed by atoms with Gasteiger partial charge in [-0.3, -0.25) is 0 Å². The minimum atomic E-state index is -0.182. The van der Waals surface area contributed by atoms with Gasteiger partial charge in [-0.1, -0.05) is 19.1 Å². The van der Waals surface area contributed by atoms with Gasteiger partial charge in [0.2, 0.25) is 0 Å². The molecule has 0 aliphatic rings. The molecular formula is C15H24FNO. The maximum Gasteiger partial charge on any atom is 0.123 e. The van der Waals surface area contributed by atoms with Crippen LogP contribution in [0.4, 0.5) is 4.39 Å². The largest absolute Gasteiger partial charge is 0.382 e. The Kier molecular flexibility index (Phi) is 6.91. The Balaban J connectivity index is 2.66. The zero-order valence-electron chi connectivity index (χ0n) is 11.6. The van der Waals surface area contributed by atoms with E-state index in [2.05, 4.69) is 19.2 Å². The normalized spacial score (nSPS) is 14.4. The Hall–Kier alpha value is -0.930. The molecule has 18 heavy (non-hydrogen) atoms. The number of halogens is 1. The Morgan fingerprint density at radius 2 is 1.94 bits per heavy atom. The maximum atomic E-state index is 12.9. The van der Waals surface area contributed by atoms with Gasteiger partial charge in [0.1, 0.15) is 5.82 Å². The van der Waals surface area contributed by atoms with E-state index in [-0.39, 0.29) is 11.9 Å². The molecule has 0 amide bonds. The van der Waals surface area contributed by atoms with Crippen molar-refractivity contribution >= 4 is 0 Å². The molecule has 2 unspecified atom stereocenters. The third kappa shape index (κ3) is 5.15.